The molecular weight excluding hydrogens is 247 g/mol. The topological polar surface area (TPSA) is 40.5 Å². The van der Waals surface area contributed by atoms with Crippen molar-refractivity contribution in [2.75, 3.05) is 18.0 Å². The van der Waals surface area contributed by atoms with Gasteiger partial charge in [0.1, 0.15) is 0 Å². The molecule has 96 valence electrons. The van der Waals surface area contributed by atoms with Crippen LogP contribution in [0.4, 0.5) is 18.9 Å². The molecule has 0 amide bonds. The lowest BCUT2D eigenvalue weighted by molar-refractivity contribution is -0.137. The number of aromatic carboxylic acids is 1. The third kappa shape index (κ3) is 2.47. The number of anilines is 1. The van der Waals surface area contributed by atoms with Crippen LogP contribution in [0.1, 0.15) is 15.9 Å². The number of carbonyl (C=O) groups is 1. The van der Waals surface area contributed by atoms with Gasteiger partial charge < -0.3 is 10.0 Å². The van der Waals surface area contributed by atoms with Gasteiger partial charge in [-0.2, -0.15) is 13.2 Å². The van der Waals surface area contributed by atoms with Crippen LogP contribution in [-0.2, 0) is 6.18 Å². The zero-order valence-corrected chi connectivity index (χ0v) is 9.24. The number of halogens is 3. The molecule has 1 aliphatic rings. The van der Waals surface area contributed by atoms with E-state index in [2.05, 4.69) is 0 Å². The van der Waals surface area contributed by atoms with Crippen LogP contribution in [0.25, 0.3) is 0 Å². The Morgan fingerprint density at radius 1 is 1.17 bits per heavy atom. The highest BCUT2D eigenvalue weighted by atomic mass is 19.4. The first-order valence-corrected chi connectivity index (χ1v) is 5.23. The molecule has 0 saturated carbocycles. The van der Waals surface area contributed by atoms with Crippen molar-refractivity contribution in [1.29, 1.82) is 0 Å². The van der Waals surface area contributed by atoms with Crippen LogP contribution in [0.5, 0.6) is 0 Å². The van der Waals surface area contributed by atoms with E-state index in [4.69, 9.17) is 5.11 Å². The summed E-state index contributed by atoms with van der Waals surface area (Å²) < 4.78 is 38.0. The summed E-state index contributed by atoms with van der Waals surface area (Å²) >= 11 is 0. The lowest BCUT2D eigenvalue weighted by atomic mass is 10.1. The molecular formula is C12H10F3NO2. The predicted octanol–water partition coefficient (Wildman–Crippen LogP) is 2.78. The number of nitrogens with zero attached hydrogens (tertiary/aromatic N) is 1. The Morgan fingerprint density at radius 3 is 2.28 bits per heavy atom. The summed E-state index contributed by atoms with van der Waals surface area (Å²) in [6.45, 7) is 0.973. The molecule has 0 unspecified atom stereocenters. The molecule has 2 rings (SSSR count). The van der Waals surface area contributed by atoms with Gasteiger partial charge in [-0.05, 0) is 18.2 Å². The average molecular weight is 257 g/mol. The van der Waals surface area contributed by atoms with E-state index < -0.39 is 17.7 Å². The van der Waals surface area contributed by atoms with E-state index in [1.807, 2.05) is 12.2 Å². The Kier molecular flexibility index (Phi) is 3.02. The van der Waals surface area contributed by atoms with Gasteiger partial charge in [-0.3, -0.25) is 0 Å². The highest BCUT2D eigenvalue weighted by molar-refractivity contribution is 5.89. The molecule has 0 spiro atoms. The quantitative estimate of drug-likeness (QED) is 0.828. The molecule has 1 aromatic carbocycles. The van der Waals surface area contributed by atoms with Crippen LogP contribution in [-0.4, -0.2) is 24.2 Å². The van der Waals surface area contributed by atoms with E-state index in [0.29, 0.717) is 19.2 Å². The van der Waals surface area contributed by atoms with Gasteiger partial charge in [-0.25, -0.2) is 4.79 Å². The van der Waals surface area contributed by atoms with Crippen LogP contribution in [0, 0.1) is 0 Å². The molecule has 0 atom stereocenters. The van der Waals surface area contributed by atoms with Crippen molar-refractivity contribution in [2.45, 2.75) is 6.18 Å². The number of hydrogen-bond acceptors (Lipinski definition) is 2. The number of carboxylic acid groups (broad SMARTS) is 1. The van der Waals surface area contributed by atoms with E-state index in [9.17, 15) is 18.0 Å². The molecule has 0 bridgehead atoms. The van der Waals surface area contributed by atoms with Gasteiger partial charge in [0.2, 0.25) is 0 Å². The molecule has 0 aromatic heterocycles. The first-order chi connectivity index (χ1) is 8.38. The smallest absolute Gasteiger partial charge is 0.416 e. The zero-order valence-electron chi connectivity index (χ0n) is 9.24. The van der Waals surface area contributed by atoms with Gasteiger partial charge in [-0.15, -0.1) is 0 Å². The zero-order chi connectivity index (χ0) is 13.3. The number of carboxylic acids is 1. The molecule has 1 aliphatic heterocycles. The van der Waals surface area contributed by atoms with Crippen molar-refractivity contribution >= 4 is 11.7 Å². The molecule has 1 N–H and O–H groups in total. The van der Waals surface area contributed by atoms with Crippen molar-refractivity contribution in [3.05, 3.63) is 41.5 Å². The monoisotopic (exact) mass is 257 g/mol. The van der Waals surface area contributed by atoms with E-state index in [1.54, 1.807) is 4.90 Å². The number of rotatable bonds is 2. The van der Waals surface area contributed by atoms with Crippen LogP contribution in [0.2, 0.25) is 0 Å². The molecule has 0 radical (unpaired) electrons. The van der Waals surface area contributed by atoms with Gasteiger partial charge in [0, 0.05) is 18.8 Å². The lowest BCUT2D eigenvalue weighted by Crippen LogP contribution is -2.20. The summed E-state index contributed by atoms with van der Waals surface area (Å²) in [7, 11) is 0. The number of hydrogen-bond donors (Lipinski definition) is 1. The standard InChI is InChI=1S/C12H10F3NO2/c13-12(14,15)9-5-8(11(17)18)6-10(7-9)16-3-1-2-4-16/h1-2,5-7H,3-4H2,(H,17,18). The minimum Gasteiger partial charge on any atom is -0.478 e. The second-order valence-corrected chi connectivity index (χ2v) is 3.95. The molecule has 0 aliphatic carbocycles. The van der Waals surface area contributed by atoms with Crippen LogP contribution in [0.15, 0.2) is 30.4 Å². The molecule has 1 heterocycles. The van der Waals surface area contributed by atoms with Crippen LogP contribution >= 0.6 is 0 Å². The molecule has 0 fully saturated rings. The van der Waals surface area contributed by atoms with Gasteiger partial charge in [0.25, 0.3) is 0 Å². The average Bonchev–Trinajstić information content (AvgIpc) is 2.80. The van der Waals surface area contributed by atoms with Crippen LogP contribution in [0.3, 0.4) is 0 Å². The summed E-state index contributed by atoms with van der Waals surface area (Å²) in [6, 6.07) is 2.87. The van der Waals surface area contributed by atoms with Crippen molar-refractivity contribution in [3.8, 4) is 0 Å². The summed E-state index contributed by atoms with van der Waals surface area (Å²) in [5.74, 6) is -1.37. The second-order valence-electron chi connectivity index (χ2n) is 3.95. The summed E-state index contributed by atoms with van der Waals surface area (Å²) in [4.78, 5) is 12.5. The first-order valence-electron chi connectivity index (χ1n) is 5.23. The normalized spacial score (nSPS) is 15.2. The van der Waals surface area contributed by atoms with E-state index in [-0.39, 0.29) is 11.3 Å². The van der Waals surface area contributed by atoms with Crippen molar-refractivity contribution in [3.63, 3.8) is 0 Å². The summed E-state index contributed by atoms with van der Waals surface area (Å²) in [5.41, 5.74) is -1.02. The van der Waals surface area contributed by atoms with Gasteiger partial charge >= 0.3 is 12.1 Å². The Morgan fingerprint density at radius 2 is 1.78 bits per heavy atom. The van der Waals surface area contributed by atoms with E-state index >= 15 is 0 Å². The van der Waals surface area contributed by atoms with Gasteiger partial charge in [0.05, 0.1) is 11.1 Å². The van der Waals surface area contributed by atoms with E-state index in [0.717, 1.165) is 6.07 Å². The minimum absolute atomic E-state index is 0.271. The summed E-state index contributed by atoms with van der Waals surface area (Å²) in [5, 5.41) is 8.84. The Hall–Kier alpha value is -1.98. The van der Waals surface area contributed by atoms with Gasteiger partial charge in [-0.1, -0.05) is 12.2 Å². The number of benzene rings is 1. The fourth-order valence-corrected chi connectivity index (χ4v) is 1.77. The Labute approximate surface area is 101 Å². The molecule has 6 heteroatoms. The minimum atomic E-state index is -4.55. The third-order valence-electron chi connectivity index (χ3n) is 2.68. The second kappa shape index (κ2) is 4.36. The Balaban J connectivity index is 2.46. The summed E-state index contributed by atoms with van der Waals surface area (Å²) in [6.07, 6.45) is -0.908. The molecule has 18 heavy (non-hydrogen) atoms. The molecule has 1 aromatic rings. The fourth-order valence-electron chi connectivity index (χ4n) is 1.77. The predicted molar refractivity (Wildman–Crippen MR) is 59.8 cm³/mol. The molecule has 0 saturated heterocycles. The highest BCUT2D eigenvalue weighted by Crippen LogP contribution is 2.33. The van der Waals surface area contributed by atoms with E-state index in [1.165, 1.54) is 6.07 Å². The maximum absolute atomic E-state index is 12.7. The largest absolute Gasteiger partial charge is 0.478 e. The van der Waals surface area contributed by atoms with Gasteiger partial charge in [0.15, 0.2) is 0 Å². The van der Waals surface area contributed by atoms with Crippen molar-refractivity contribution in [2.24, 2.45) is 0 Å². The maximum Gasteiger partial charge on any atom is 0.416 e. The highest BCUT2D eigenvalue weighted by Gasteiger charge is 2.32. The lowest BCUT2D eigenvalue weighted by Gasteiger charge is -2.20. The number of alkyl halides is 3. The van der Waals surface area contributed by atoms with Crippen molar-refractivity contribution < 1.29 is 23.1 Å². The van der Waals surface area contributed by atoms with Crippen molar-refractivity contribution in [1.82, 2.24) is 0 Å². The maximum atomic E-state index is 12.7. The SMILES string of the molecule is O=C(O)c1cc(N2CC=CC2)cc(C(F)(F)F)c1. The third-order valence-corrected chi connectivity index (χ3v) is 2.68. The molecule has 3 nitrogen and oxygen atoms in total. The fraction of sp³-hybridized carbons (Fsp3) is 0.250. The van der Waals surface area contributed by atoms with Crippen LogP contribution < -0.4 is 4.90 Å². The first kappa shape index (κ1) is 12.5. The Bertz CT molecular complexity index is 501.